The Labute approximate surface area is 208 Å². The summed E-state index contributed by atoms with van der Waals surface area (Å²) in [5.41, 5.74) is 5.31. The molecule has 2 saturated heterocycles. The molecule has 0 saturated carbocycles. The SMILES string of the molecule is CCN(CC)CC.NCCCO[C@@H]1O[C@H](C(=O)O)[C@@H](O[C@@H]2O[C@H](C(=O)O)[C@@H](O)[C@H](O)[C@@H]2O)[C@H](O)[C@@H]1O. The molecule has 9 N–H and O–H groups in total. The van der Waals surface area contributed by atoms with E-state index in [0.717, 1.165) is 0 Å². The fraction of sp³-hybridized carbons (Fsp3) is 0.905. The highest BCUT2D eigenvalue weighted by Gasteiger charge is 2.53. The minimum absolute atomic E-state index is 0.0115. The Morgan fingerprint density at radius 1 is 0.778 bits per heavy atom. The summed E-state index contributed by atoms with van der Waals surface area (Å²) in [7, 11) is 0. The fourth-order valence-electron chi connectivity index (χ4n) is 3.60. The summed E-state index contributed by atoms with van der Waals surface area (Å²) in [6.07, 6.45) is -18.5. The summed E-state index contributed by atoms with van der Waals surface area (Å²) in [6, 6.07) is 0. The van der Waals surface area contributed by atoms with Gasteiger partial charge in [-0.1, -0.05) is 20.8 Å². The Kier molecular flexibility index (Phi) is 14.2. The molecule has 0 bridgehead atoms. The van der Waals surface area contributed by atoms with Crippen molar-refractivity contribution < 1.29 is 64.3 Å². The van der Waals surface area contributed by atoms with Crippen molar-refractivity contribution in [1.82, 2.24) is 4.90 Å². The molecule has 0 aromatic rings. The Hall–Kier alpha value is -1.50. The van der Waals surface area contributed by atoms with Gasteiger partial charge in [0.15, 0.2) is 24.8 Å². The maximum Gasteiger partial charge on any atom is 0.335 e. The van der Waals surface area contributed by atoms with Gasteiger partial charge in [-0.3, -0.25) is 0 Å². The van der Waals surface area contributed by atoms with E-state index in [9.17, 15) is 40.2 Å². The Balaban J connectivity index is 0.000000809. The van der Waals surface area contributed by atoms with Crippen LogP contribution in [0.15, 0.2) is 0 Å². The fourth-order valence-corrected chi connectivity index (χ4v) is 3.60. The van der Waals surface area contributed by atoms with Crippen LogP contribution in [-0.4, -0.2) is 147 Å². The third kappa shape index (κ3) is 8.53. The van der Waals surface area contributed by atoms with Crippen LogP contribution in [0.5, 0.6) is 0 Å². The van der Waals surface area contributed by atoms with Crippen LogP contribution in [-0.2, 0) is 28.5 Å². The molecule has 0 aromatic carbocycles. The van der Waals surface area contributed by atoms with E-state index in [2.05, 4.69) is 25.7 Å². The van der Waals surface area contributed by atoms with Gasteiger partial charge in [-0.15, -0.1) is 0 Å². The van der Waals surface area contributed by atoms with Crippen LogP contribution in [0.3, 0.4) is 0 Å². The average Bonchev–Trinajstić information content (AvgIpc) is 2.84. The van der Waals surface area contributed by atoms with Crippen molar-refractivity contribution in [3.8, 4) is 0 Å². The van der Waals surface area contributed by atoms with Gasteiger partial charge in [0.1, 0.15) is 36.6 Å². The van der Waals surface area contributed by atoms with Crippen LogP contribution >= 0.6 is 0 Å². The number of aliphatic hydroxyl groups excluding tert-OH is 5. The zero-order valence-electron chi connectivity index (χ0n) is 20.6. The monoisotopic (exact) mass is 528 g/mol. The van der Waals surface area contributed by atoms with Crippen molar-refractivity contribution in [2.24, 2.45) is 5.73 Å². The Bertz CT molecular complexity index is 662. The zero-order chi connectivity index (χ0) is 27.6. The van der Waals surface area contributed by atoms with E-state index in [4.69, 9.17) is 29.8 Å². The molecule has 0 radical (unpaired) electrons. The molecule has 2 aliphatic rings. The average molecular weight is 529 g/mol. The van der Waals surface area contributed by atoms with Crippen LogP contribution < -0.4 is 5.73 Å². The van der Waals surface area contributed by atoms with Crippen LogP contribution in [0.4, 0.5) is 0 Å². The Morgan fingerprint density at radius 2 is 1.28 bits per heavy atom. The first kappa shape index (κ1) is 32.5. The van der Waals surface area contributed by atoms with Gasteiger partial charge in [0.05, 0.1) is 6.61 Å². The lowest BCUT2D eigenvalue weighted by Crippen LogP contribution is -2.65. The van der Waals surface area contributed by atoms with Crippen LogP contribution in [0.1, 0.15) is 27.2 Å². The summed E-state index contributed by atoms with van der Waals surface area (Å²) in [6.45, 7) is 10.4. The van der Waals surface area contributed by atoms with Crippen molar-refractivity contribution >= 4 is 11.9 Å². The van der Waals surface area contributed by atoms with Gasteiger partial charge in [-0.2, -0.15) is 0 Å². The van der Waals surface area contributed by atoms with Crippen molar-refractivity contribution in [3.05, 3.63) is 0 Å². The second kappa shape index (κ2) is 15.7. The van der Waals surface area contributed by atoms with E-state index in [0.29, 0.717) is 6.42 Å². The summed E-state index contributed by atoms with van der Waals surface area (Å²) < 4.78 is 20.4. The molecule has 0 amide bonds. The predicted octanol–water partition coefficient (Wildman–Crippen LogP) is -3.49. The van der Waals surface area contributed by atoms with Crippen molar-refractivity contribution in [2.45, 2.75) is 88.6 Å². The topological polar surface area (TPSA) is 242 Å². The number of hydrogen-bond acceptors (Lipinski definition) is 13. The summed E-state index contributed by atoms with van der Waals surface area (Å²) in [5, 5.41) is 68.3. The molecule has 2 aliphatic heterocycles. The van der Waals surface area contributed by atoms with Crippen molar-refractivity contribution in [1.29, 1.82) is 0 Å². The third-order valence-electron chi connectivity index (χ3n) is 5.86. The first-order chi connectivity index (χ1) is 16.9. The number of carboxylic acids is 2. The zero-order valence-corrected chi connectivity index (χ0v) is 20.6. The maximum atomic E-state index is 11.5. The number of rotatable bonds is 11. The van der Waals surface area contributed by atoms with Gasteiger partial charge in [0.2, 0.25) is 0 Å². The second-order valence-electron chi connectivity index (χ2n) is 8.21. The van der Waals surface area contributed by atoms with Crippen LogP contribution in [0, 0.1) is 0 Å². The minimum atomic E-state index is -2.00. The molecule has 0 aliphatic carbocycles. The lowest BCUT2D eigenvalue weighted by Gasteiger charge is -2.44. The summed E-state index contributed by atoms with van der Waals surface area (Å²) in [5.74, 6) is -3.30. The molecule has 2 heterocycles. The van der Waals surface area contributed by atoms with E-state index >= 15 is 0 Å². The molecule has 0 aromatic heterocycles. The number of carbonyl (C=O) groups is 2. The molecule has 212 valence electrons. The molecule has 10 atom stereocenters. The highest BCUT2D eigenvalue weighted by molar-refractivity contribution is 5.74. The number of nitrogens with two attached hydrogens (primary N) is 1. The number of nitrogens with zero attached hydrogens (tertiary/aromatic N) is 1. The molecule has 0 unspecified atom stereocenters. The lowest BCUT2D eigenvalue weighted by molar-refractivity contribution is -0.350. The molecular formula is C21H40N2O13. The van der Waals surface area contributed by atoms with Crippen molar-refractivity contribution in [2.75, 3.05) is 32.8 Å². The number of ether oxygens (including phenoxy) is 4. The van der Waals surface area contributed by atoms with E-state index in [1.54, 1.807) is 0 Å². The molecule has 2 rings (SSSR count). The third-order valence-corrected chi connectivity index (χ3v) is 5.86. The largest absolute Gasteiger partial charge is 0.479 e. The smallest absolute Gasteiger partial charge is 0.335 e. The highest BCUT2D eigenvalue weighted by Crippen LogP contribution is 2.30. The molecule has 15 heteroatoms. The minimum Gasteiger partial charge on any atom is -0.479 e. The van der Waals surface area contributed by atoms with E-state index < -0.39 is 73.4 Å². The molecule has 36 heavy (non-hydrogen) atoms. The van der Waals surface area contributed by atoms with Gasteiger partial charge in [-0.05, 0) is 32.6 Å². The first-order valence-electron chi connectivity index (χ1n) is 11.8. The summed E-state index contributed by atoms with van der Waals surface area (Å²) in [4.78, 5) is 25.1. The van der Waals surface area contributed by atoms with E-state index in [1.165, 1.54) is 19.6 Å². The molecule has 0 spiro atoms. The predicted molar refractivity (Wildman–Crippen MR) is 121 cm³/mol. The normalized spacial score (nSPS) is 36.7. The molecular weight excluding hydrogens is 488 g/mol. The first-order valence-corrected chi connectivity index (χ1v) is 11.8. The highest BCUT2D eigenvalue weighted by atomic mass is 16.7. The quantitative estimate of drug-likeness (QED) is 0.121. The second-order valence-corrected chi connectivity index (χ2v) is 8.21. The van der Waals surface area contributed by atoms with Crippen LogP contribution in [0.25, 0.3) is 0 Å². The van der Waals surface area contributed by atoms with E-state index in [-0.39, 0.29) is 13.2 Å². The van der Waals surface area contributed by atoms with Crippen LogP contribution in [0.2, 0.25) is 0 Å². The number of hydrogen-bond donors (Lipinski definition) is 8. The lowest BCUT2D eigenvalue weighted by atomic mass is 9.96. The Morgan fingerprint density at radius 3 is 1.72 bits per heavy atom. The van der Waals surface area contributed by atoms with E-state index in [1.807, 2.05) is 0 Å². The summed E-state index contributed by atoms with van der Waals surface area (Å²) >= 11 is 0. The standard InChI is InChI=1S/C15H25NO13.C6H15N/c16-2-1-3-26-14-8(21)6(19)9(11(29-14)13(24)25)27-15-7(20)4(17)5(18)10(28-15)12(22)23;1-4-7(5-2)6-3/h4-11,14-15,17-21H,1-3,16H2,(H,22,23)(H,24,25);4-6H2,1-3H3/t4-,5-,6+,7-,8-,9-,10-,11-,14+,15+;/m0./s1. The van der Waals surface area contributed by atoms with Gasteiger partial charge in [-0.25, -0.2) is 9.59 Å². The van der Waals surface area contributed by atoms with Gasteiger partial charge in [0, 0.05) is 0 Å². The number of aliphatic carboxylic acids is 2. The molecule has 15 nitrogen and oxygen atoms in total. The van der Waals surface area contributed by atoms with Gasteiger partial charge < -0.3 is 65.3 Å². The number of aliphatic hydroxyl groups is 5. The molecule has 2 fully saturated rings. The van der Waals surface area contributed by atoms with Crippen molar-refractivity contribution in [3.63, 3.8) is 0 Å². The van der Waals surface area contributed by atoms with Gasteiger partial charge >= 0.3 is 11.9 Å². The number of carboxylic acid groups (broad SMARTS) is 2. The van der Waals surface area contributed by atoms with Gasteiger partial charge in [0.25, 0.3) is 0 Å². The maximum absolute atomic E-state index is 11.5.